The zero-order valence-corrected chi connectivity index (χ0v) is 16.3. The molecule has 27 heavy (non-hydrogen) atoms. The molecule has 1 aliphatic rings. The van der Waals surface area contributed by atoms with E-state index in [1.54, 1.807) is 18.2 Å². The summed E-state index contributed by atoms with van der Waals surface area (Å²) in [5.74, 6) is 0.0638. The van der Waals surface area contributed by atoms with E-state index >= 15 is 0 Å². The van der Waals surface area contributed by atoms with Crippen LogP contribution in [0, 0.1) is 0 Å². The summed E-state index contributed by atoms with van der Waals surface area (Å²) in [5, 5.41) is 6.18. The number of anilines is 1. The molecule has 2 aromatic rings. The minimum atomic E-state index is -0.449. The van der Waals surface area contributed by atoms with Crippen molar-refractivity contribution in [2.24, 2.45) is 0 Å². The monoisotopic (exact) mass is 408 g/mol. The van der Waals surface area contributed by atoms with E-state index in [4.69, 9.17) is 32.7 Å². The van der Waals surface area contributed by atoms with Crippen LogP contribution in [0.25, 0.3) is 0 Å². The predicted molar refractivity (Wildman–Crippen MR) is 104 cm³/mol. The molecule has 0 saturated heterocycles. The molecule has 0 fully saturated rings. The molecule has 0 saturated carbocycles. The summed E-state index contributed by atoms with van der Waals surface area (Å²) in [7, 11) is 0. The fourth-order valence-corrected chi connectivity index (χ4v) is 3.03. The van der Waals surface area contributed by atoms with Crippen LogP contribution in [0.5, 0.6) is 11.5 Å². The van der Waals surface area contributed by atoms with Gasteiger partial charge in [0.25, 0.3) is 11.8 Å². The van der Waals surface area contributed by atoms with Crippen LogP contribution in [0.15, 0.2) is 30.3 Å². The van der Waals surface area contributed by atoms with Gasteiger partial charge in [0.15, 0.2) is 11.5 Å². The highest BCUT2D eigenvalue weighted by molar-refractivity contribution is 6.33. The number of hydrogen-bond donors (Lipinski definition) is 2. The van der Waals surface area contributed by atoms with Crippen molar-refractivity contribution in [3.05, 3.63) is 51.5 Å². The lowest BCUT2D eigenvalue weighted by Gasteiger charge is -2.20. The Morgan fingerprint density at radius 3 is 2.52 bits per heavy atom. The van der Waals surface area contributed by atoms with Crippen molar-refractivity contribution in [3.8, 4) is 11.5 Å². The van der Waals surface area contributed by atoms with Crippen molar-refractivity contribution in [3.63, 3.8) is 0 Å². The van der Waals surface area contributed by atoms with Gasteiger partial charge in [-0.15, -0.1) is 0 Å². The number of hydrogen-bond acceptors (Lipinski definition) is 4. The van der Waals surface area contributed by atoms with E-state index in [9.17, 15) is 9.59 Å². The number of ether oxygens (including phenoxy) is 2. The Morgan fingerprint density at radius 1 is 1.04 bits per heavy atom. The summed E-state index contributed by atoms with van der Waals surface area (Å²) >= 11 is 12.2. The first-order valence-corrected chi connectivity index (χ1v) is 9.11. The zero-order chi connectivity index (χ0) is 19.6. The lowest BCUT2D eigenvalue weighted by Crippen LogP contribution is -2.31. The predicted octanol–water partition coefficient (Wildman–Crippen LogP) is 4.16. The van der Waals surface area contributed by atoms with Crippen molar-refractivity contribution in [1.82, 2.24) is 5.32 Å². The Kier molecular flexibility index (Phi) is 5.77. The third-order valence-electron chi connectivity index (χ3n) is 3.75. The Bertz CT molecular complexity index is 900. The quantitative estimate of drug-likeness (QED) is 0.796. The van der Waals surface area contributed by atoms with Crippen LogP contribution in [0.2, 0.25) is 10.0 Å². The molecule has 0 aromatic heterocycles. The van der Waals surface area contributed by atoms with Gasteiger partial charge in [0.1, 0.15) is 13.2 Å². The second-order valence-electron chi connectivity index (χ2n) is 6.25. The van der Waals surface area contributed by atoms with Crippen LogP contribution in [0.4, 0.5) is 5.69 Å². The molecule has 0 unspecified atom stereocenters. The standard InChI is InChI=1S/C19H18Cl2N2O4/c1-10(2)22-19(25)13-4-3-12(20)9-15(13)23-18(24)11-7-14(21)17-16(8-11)26-5-6-27-17/h3-4,7-10H,5-6H2,1-2H3,(H,22,25)(H,23,24). The minimum absolute atomic E-state index is 0.0478. The second kappa shape index (κ2) is 8.06. The van der Waals surface area contributed by atoms with Crippen molar-refractivity contribution >= 4 is 40.7 Å². The van der Waals surface area contributed by atoms with Gasteiger partial charge in [0.05, 0.1) is 16.3 Å². The summed E-state index contributed by atoms with van der Waals surface area (Å²) in [4.78, 5) is 25.1. The van der Waals surface area contributed by atoms with Gasteiger partial charge in [-0.05, 0) is 44.2 Å². The Hall–Kier alpha value is -2.44. The van der Waals surface area contributed by atoms with Gasteiger partial charge in [-0.25, -0.2) is 0 Å². The molecule has 2 aromatic carbocycles. The number of halogens is 2. The third kappa shape index (κ3) is 4.46. The number of rotatable bonds is 4. The molecular formula is C19H18Cl2N2O4. The highest BCUT2D eigenvalue weighted by Crippen LogP contribution is 2.38. The zero-order valence-electron chi connectivity index (χ0n) is 14.8. The summed E-state index contributed by atoms with van der Waals surface area (Å²) in [5.41, 5.74) is 0.890. The molecule has 6 nitrogen and oxygen atoms in total. The first kappa shape index (κ1) is 19.3. The smallest absolute Gasteiger partial charge is 0.255 e. The maximum absolute atomic E-state index is 12.7. The van der Waals surface area contributed by atoms with Gasteiger partial charge in [-0.1, -0.05) is 23.2 Å². The highest BCUT2D eigenvalue weighted by Gasteiger charge is 2.21. The number of carbonyl (C=O) groups excluding carboxylic acids is 2. The van der Waals surface area contributed by atoms with E-state index in [1.165, 1.54) is 12.1 Å². The number of benzene rings is 2. The molecule has 0 aliphatic carbocycles. The van der Waals surface area contributed by atoms with Gasteiger partial charge < -0.3 is 20.1 Å². The Balaban J connectivity index is 1.89. The molecular weight excluding hydrogens is 391 g/mol. The van der Waals surface area contributed by atoms with Crippen molar-refractivity contribution < 1.29 is 19.1 Å². The van der Waals surface area contributed by atoms with Gasteiger partial charge in [0.2, 0.25) is 0 Å². The topological polar surface area (TPSA) is 76.7 Å². The first-order chi connectivity index (χ1) is 12.8. The van der Waals surface area contributed by atoms with Crippen molar-refractivity contribution in [1.29, 1.82) is 0 Å². The fourth-order valence-electron chi connectivity index (χ4n) is 2.59. The summed E-state index contributed by atoms with van der Waals surface area (Å²) in [6.45, 7) is 4.48. The number of carbonyl (C=O) groups is 2. The Labute approximate surface area is 166 Å². The highest BCUT2D eigenvalue weighted by atomic mass is 35.5. The van der Waals surface area contributed by atoms with Gasteiger partial charge in [0, 0.05) is 16.6 Å². The lowest BCUT2D eigenvalue weighted by atomic mass is 10.1. The number of fused-ring (bicyclic) bond motifs is 1. The Morgan fingerprint density at radius 2 is 1.78 bits per heavy atom. The summed E-state index contributed by atoms with van der Waals surface area (Å²) in [6.07, 6.45) is 0. The largest absolute Gasteiger partial charge is 0.486 e. The van der Waals surface area contributed by atoms with Gasteiger partial charge >= 0.3 is 0 Å². The first-order valence-electron chi connectivity index (χ1n) is 8.36. The molecule has 0 spiro atoms. The second-order valence-corrected chi connectivity index (χ2v) is 7.10. The van der Waals surface area contributed by atoms with Gasteiger partial charge in [-0.3, -0.25) is 9.59 Å². The van der Waals surface area contributed by atoms with Crippen LogP contribution in [-0.4, -0.2) is 31.1 Å². The van der Waals surface area contributed by atoms with E-state index in [-0.39, 0.29) is 22.5 Å². The average Bonchev–Trinajstić information content (AvgIpc) is 2.61. The average molecular weight is 409 g/mol. The lowest BCUT2D eigenvalue weighted by molar-refractivity contribution is 0.0944. The van der Waals surface area contributed by atoms with Crippen LogP contribution in [0.3, 0.4) is 0 Å². The molecule has 1 aliphatic heterocycles. The van der Waals surface area contributed by atoms with Gasteiger partial charge in [-0.2, -0.15) is 0 Å². The molecule has 8 heteroatoms. The minimum Gasteiger partial charge on any atom is -0.486 e. The maximum Gasteiger partial charge on any atom is 0.255 e. The number of amides is 2. The summed E-state index contributed by atoms with van der Waals surface area (Å²) < 4.78 is 10.9. The third-order valence-corrected chi connectivity index (χ3v) is 4.27. The molecule has 0 bridgehead atoms. The molecule has 3 rings (SSSR count). The molecule has 2 N–H and O–H groups in total. The number of nitrogens with one attached hydrogen (secondary N) is 2. The van der Waals surface area contributed by atoms with Crippen LogP contribution >= 0.6 is 23.2 Å². The molecule has 142 valence electrons. The molecule has 2 amide bonds. The van der Waals surface area contributed by atoms with Crippen molar-refractivity contribution in [2.45, 2.75) is 19.9 Å². The molecule has 1 heterocycles. The maximum atomic E-state index is 12.7. The van der Waals surface area contributed by atoms with E-state index in [2.05, 4.69) is 10.6 Å². The van der Waals surface area contributed by atoms with Crippen LogP contribution in [-0.2, 0) is 0 Å². The van der Waals surface area contributed by atoms with E-state index in [0.29, 0.717) is 41.0 Å². The van der Waals surface area contributed by atoms with Crippen molar-refractivity contribution in [2.75, 3.05) is 18.5 Å². The van der Waals surface area contributed by atoms with E-state index in [1.807, 2.05) is 13.8 Å². The fraction of sp³-hybridized carbons (Fsp3) is 0.263. The molecule has 0 radical (unpaired) electrons. The molecule has 0 atom stereocenters. The van der Waals surface area contributed by atoms with Crippen LogP contribution in [0.1, 0.15) is 34.6 Å². The van der Waals surface area contributed by atoms with Crippen LogP contribution < -0.4 is 20.1 Å². The van der Waals surface area contributed by atoms with E-state index < -0.39 is 5.91 Å². The SMILES string of the molecule is CC(C)NC(=O)c1ccc(Cl)cc1NC(=O)c1cc(Cl)c2c(c1)OCCO2. The summed E-state index contributed by atoms with van der Waals surface area (Å²) in [6, 6.07) is 7.67. The normalized spacial score (nSPS) is 12.6. The van der Waals surface area contributed by atoms with E-state index in [0.717, 1.165) is 0 Å².